The van der Waals surface area contributed by atoms with Crippen LogP contribution in [0, 0.1) is 6.92 Å². The number of ether oxygens (including phenoxy) is 7. The molecule has 10 aromatic rings. The number of nitrogen functional groups attached to an aromatic ring is 4. The molecule has 0 spiro atoms. The van der Waals surface area contributed by atoms with E-state index in [0.29, 0.717) is 11.2 Å². The van der Waals surface area contributed by atoms with E-state index in [4.69, 9.17) is 193 Å². The zero-order valence-corrected chi connectivity index (χ0v) is 78.5. The summed E-state index contributed by atoms with van der Waals surface area (Å²) in [6.45, 7) is -25.3. The minimum atomic E-state index is -4.67. The van der Waals surface area contributed by atoms with Crippen LogP contribution in [0.5, 0.6) is 0 Å². The first kappa shape index (κ1) is 95.9. The summed E-state index contributed by atoms with van der Waals surface area (Å²) in [6, 6.07) is 0. The largest absolute Gasteiger partial charge is 0.382 e. The topological polar surface area (TPSA) is 744 Å². The number of guanidine groups is 1. The molecule has 26 atom stereocenters. The molecule has 0 radical (unpaired) electrons. The first-order valence-electron chi connectivity index (χ1n) is 39.3. The molecule has 710 valence electrons. The second kappa shape index (κ2) is 38.3. The van der Waals surface area contributed by atoms with Crippen LogP contribution >= 0.6 is 40.3 Å². The lowest BCUT2D eigenvalue weighted by molar-refractivity contribution is -0.0603. The van der Waals surface area contributed by atoms with Crippen LogP contribution in [-0.2, 0) is 158 Å². The van der Waals surface area contributed by atoms with Crippen molar-refractivity contribution in [1.29, 1.82) is 0 Å². The highest BCUT2D eigenvalue weighted by Gasteiger charge is 2.53. The molecule has 0 aliphatic carbocycles. The average molecular weight is 2060 g/mol. The highest BCUT2D eigenvalue weighted by molar-refractivity contribution is 8.08. The van der Waals surface area contributed by atoms with Gasteiger partial charge in [-0.25, -0.2) is 64.6 Å². The second-order valence-corrected chi connectivity index (χ2v) is 47.0. The second-order valence-electron chi connectivity index (χ2n) is 30.2. The number of H-pyrrole nitrogens is 2. The summed E-state index contributed by atoms with van der Waals surface area (Å²) < 4.78 is 126. The highest BCUT2D eigenvalue weighted by atomic mass is 32.5. The molecule has 21 N–H and O–H groups in total. The van der Waals surface area contributed by atoms with Gasteiger partial charge in [-0.3, -0.25) is 51.5 Å². The number of fused-ring (bicyclic) bond motifs is 5. The van der Waals surface area contributed by atoms with Crippen molar-refractivity contribution in [2.75, 3.05) is 75.0 Å². The van der Waals surface area contributed by atoms with Crippen LogP contribution in [0.15, 0.2) is 76.2 Å². The number of imidazole rings is 5. The fraction of sp³-hybridized carbons (Fsp3) is 0.556. The number of nitrogens with one attached hydrogen (secondary N) is 3. The number of aryl methyl sites for hydroxylation is 1. The Kier molecular flexibility index (Phi) is 28.0. The molecule has 6 fully saturated rings. The number of aliphatic imine (C=N–C) groups is 1. The fourth-order valence-electron chi connectivity index (χ4n) is 15.7. The molecular weight excluding hydrogens is 1980 g/mol. The normalized spacial score (nSPS) is 30.3. The maximum absolute atomic E-state index is 13.6. The van der Waals surface area contributed by atoms with Crippen LogP contribution in [0.25, 0.3) is 44.7 Å². The maximum Gasteiger partial charge on any atom is 0.330 e. The first-order chi connectivity index (χ1) is 62.2. The van der Waals surface area contributed by atoms with Crippen molar-refractivity contribution in [3.8, 4) is 0 Å². The Balaban J connectivity index is 0.590. The smallest absolute Gasteiger partial charge is 0.330 e. The number of aromatic amines is 2. The van der Waals surface area contributed by atoms with Crippen molar-refractivity contribution < 1.29 is 117 Å². The fourth-order valence-corrected chi connectivity index (χ4v) is 24.7. The van der Waals surface area contributed by atoms with Crippen LogP contribution in [0.4, 0.5) is 29.2 Å². The van der Waals surface area contributed by atoms with E-state index in [2.05, 4.69) is 80.1 Å². The van der Waals surface area contributed by atoms with Gasteiger partial charge in [0.15, 0.2) is 57.7 Å². The van der Waals surface area contributed by atoms with Crippen molar-refractivity contribution >= 4 is 191 Å². The molecule has 0 amide bonds. The molecule has 6 saturated heterocycles. The number of nitrogens with two attached hydrogens (primary N) is 6. The molecule has 0 bridgehead atoms. The van der Waals surface area contributed by atoms with E-state index in [1.165, 1.54) is 89.1 Å². The van der Waals surface area contributed by atoms with Crippen molar-refractivity contribution in [3.63, 3.8) is 0 Å². The van der Waals surface area contributed by atoms with Gasteiger partial charge >= 0.3 is 46.0 Å². The third-order valence-electron chi connectivity index (χ3n) is 21.7. The lowest BCUT2D eigenvalue weighted by Crippen LogP contribution is -2.37. The number of nitrogens with zero attached hydrogens (tertiary/aromatic N) is 19. The summed E-state index contributed by atoms with van der Waals surface area (Å²) in [5.74, 6) is 0.185. The minimum absolute atomic E-state index is 0.000715. The maximum atomic E-state index is 13.6. The molecule has 17 heterocycles. The molecule has 0 saturated carbocycles. The number of hydrogen-bond acceptors (Lipinski definition) is 48. The zero-order chi connectivity index (χ0) is 92.9. The van der Waals surface area contributed by atoms with Crippen LogP contribution in [0.1, 0.15) is 101 Å². The van der Waals surface area contributed by atoms with E-state index in [1.807, 2.05) is 0 Å². The predicted molar refractivity (Wildman–Crippen MR) is 475 cm³/mol. The van der Waals surface area contributed by atoms with Gasteiger partial charge in [0.25, 0.3) is 11.1 Å². The quantitative estimate of drug-likeness (QED) is 0.0238. The van der Waals surface area contributed by atoms with Gasteiger partial charge in [-0.1, -0.05) is 0 Å². The van der Waals surface area contributed by atoms with E-state index >= 15 is 0 Å². The third-order valence-corrected chi connectivity index (χ3v) is 31.3. The minimum Gasteiger partial charge on any atom is -0.382 e. The van der Waals surface area contributed by atoms with E-state index in [-0.39, 0.29) is 119 Å². The third kappa shape index (κ3) is 20.9. The Bertz CT molecular complexity index is 6520. The molecular formula is C63H84N28O28P6S6. The predicted octanol–water partition coefficient (Wildman–Crippen LogP) is 0.522. The summed E-state index contributed by atoms with van der Waals surface area (Å²) in [4.78, 5) is 171. The van der Waals surface area contributed by atoms with Gasteiger partial charge in [-0.05, 0) is 91.6 Å². The summed E-state index contributed by atoms with van der Waals surface area (Å²) in [7, 11) is 1.35. The average Bonchev–Trinajstić information content (AvgIpc) is 1.62. The van der Waals surface area contributed by atoms with Gasteiger partial charge in [0.1, 0.15) is 127 Å². The van der Waals surface area contributed by atoms with E-state index < -0.39 is 213 Å². The number of rotatable bonds is 36. The molecule has 17 rings (SSSR count). The van der Waals surface area contributed by atoms with Crippen LogP contribution in [0.2, 0.25) is 0 Å². The molecule has 7 aliphatic heterocycles. The van der Waals surface area contributed by atoms with E-state index in [1.54, 1.807) is 18.4 Å². The van der Waals surface area contributed by atoms with Crippen LogP contribution < -0.4 is 56.5 Å². The highest BCUT2D eigenvalue weighted by Crippen LogP contribution is 2.58. The number of anilines is 5. The SMILES string of the molecule is CCOP(O)(=S)O[C@@H]1[C@H](OC)C(n2cnc3c(N)ncnc32)O[C@@H]1COP(O)(=S)O[C@@H]1CC(n2cnc3c2NC(N)=NC3N)O[C@@H]1COP(O)(=S)O[C@@H]1CC(n2cc(C)c(=O)[nH]c2=O)O[C@@H]1COP(O)(=S)O[C@@H]1CC(n2cnc3c(N)ncnc32)O[C@@H]1COP(O)(=S)O[C@@H]1CC(n2cnc3c(=O)[nH]c(N)nc32)O[C@@H]1COP(O)(=S)O[C@@H]1CC(n2cnc3c(N)ncnc32)O[C@@H]1C. The first-order valence-corrected chi connectivity index (χ1v) is 54.9. The summed E-state index contributed by atoms with van der Waals surface area (Å²) in [5, 5.41) is 2.93. The molecule has 10 aromatic heterocycles. The molecule has 131 heavy (non-hydrogen) atoms. The van der Waals surface area contributed by atoms with E-state index in [9.17, 15) is 43.7 Å². The number of methoxy groups -OCH3 is 1. The van der Waals surface area contributed by atoms with Crippen molar-refractivity contribution in [2.45, 2.75) is 176 Å². The van der Waals surface area contributed by atoms with Gasteiger partial charge < -0.3 is 152 Å². The number of aromatic nitrogens is 20. The Hall–Kier alpha value is -6.78. The number of hydrogen-bond donors (Lipinski definition) is 15. The van der Waals surface area contributed by atoms with Crippen LogP contribution in [-0.4, -0.2) is 259 Å². The van der Waals surface area contributed by atoms with Gasteiger partial charge in [-0.2, -0.15) is 4.98 Å². The molecule has 68 heteroatoms. The van der Waals surface area contributed by atoms with Crippen molar-refractivity contribution in [2.24, 2.45) is 16.5 Å². The van der Waals surface area contributed by atoms with Gasteiger partial charge in [0.05, 0.1) is 108 Å². The summed E-state index contributed by atoms with van der Waals surface area (Å²) in [6.07, 6.45) is -12.5. The Morgan fingerprint density at radius 2 is 0.840 bits per heavy atom. The Morgan fingerprint density at radius 3 is 1.31 bits per heavy atom. The molecule has 13 unspecified atom stereocenters. The Morgan fingerprint density at radius 1 is 0.450 bits per heavy atom. The Labute approximate surface area is 766 Å². The summed E-state index contributed by atoms with van der Waals surface area (Å²) >= 11 is 33.8. The van der Waals surface area contributed by atoms with Crippen molar-refractivity contribution in [3.05, 3.63) is 99.3 Å². The lowest BCUT2D eigenvalue weighted by atomic mass is 10.1. The molecule has 0 aromatic carbocycles. The van der Waals surface area contributed by atoms with Gasteiger partial charge in [0.2, 0.25) is 5.95 Å². The molecule has 7 aliphatic rings. The zero-order valence-electron chi connectivity index (χ0n) is 68.3. The van der Waals surface area contributed by atoms with E-state index in [0.717, 1.165) is 4.57 Å². The summed E-state index contributed by atoms with van der Waals surface area (Å²) in [5.41, 5.74) is 36.3. The van der Waals surface area contributed by atoms with Gasteiger partial charge in [0, 0.05) is 51.0 Å². The monoisotopic (exact) mass is 2060 g/mol. The molecule has 56 nitrogen and oxygen atoms in total. The standard InChI is InChI=1S/C63H84N28O28P6S6/c1-5-102-120(95,126)119-47-36(113-60(48(47)101-4)91-24-79-44-51(66)72-19-75-55(44)91)16-107-125(100,131)118-30-9-40(89-22-78-45-52(67)81-61(68)82-56(45)89)111-35(30)15-106-122(97,128)115-28-7-37(86-11-25(2)58(92)85-63(86)94)109-32(28)12-104-123(98,129)116-29-8-39(88-21-77-43-50(65)71-18-74-54(43)88)110-33(29)14-105-124(99,130)117-31-10-41(90-23-80-46-57(90)83-62(69)84-59(46)93)112-34(31)13-103-121(96,127)114-27-6-38(108-26(27)3)87-20-76-42-49(64)70-17-73-53(42)87/h11,17-24,26-41,47-48,52,60H,5-10,12-16,67H2,1-4H3,(H,95,126)(H,96,127)(H,97,128)(H,98,129)(H,99,130)(H,100,131)(H2,64,70,73)(H2,65,71,74)(H2,66,72,75)(H3,68,81,82)(H,85,92,94)(H3,69,83,84,93)/t26-,27-,28-,29-,30-,31-,32-,33-,34-,35-,36-,37?,38?,39?,40?,41?,47+,48+,52?,60?,120?,121?,122?,123?,124?,125?/m1/s1. The van der Waals surface area contributed by atoms with Crippen molar-refractivity contribution in [1.82, 2.24) is 97.2 Å². The van der Waals surface area contributed by atoms with Crippen LogP contribution in [0.3, 0.4) is 0 Å². The lowest BCUT2D eigenvalue weighted by Gasteiger charge is -2.29. The van der Waals surface area contributed by atoms with Gasteiger partial charge in [-0.15, -0.1) is 0 Å².